The highest BCUT2D eigenvalue weighted by molar-refractivity contribution is 5.64. The number of likely N-dealkylation sites (N-methyl/N-ethyl adjacent to an activating group) is 3. The van der Waals surface area contributed by atoms with Gasteiger partial charge in [-0.25, -0.2) is 0 Å². The van der Waals surface area contributed by atoms with E-state index >= 15 is 0 Å². The minimum Gasteiger partial charge on any atom is -0.348 e. The first-order valence-corrected chi connectivity index (χ1v) is 7.72. The van der Waals surface area contributed by atoms with Crippen molar-refractivity contribution in [1.82, 2.24) is 16.0 Å². The van der Waals surface area contributed by atoms with Crippen LogP contribution in [0.1, 0.15) is 11.1 Å². The fourth-order valence-electron chi connectivity index (χ4n) is 3.57. The van der Waals surface area contributed by atoms with Gasteiger partial charge in [-0.3, -0.25) is 16.0 Å². The molecule has 4 heteroatoms. The van der Waals surface area contributed by atoms with Gasteiger partial charge in [-0.2, -0.15) is 0 Å². The molecule has 0 amide bonds. The number of rotatable bonds is 5. The van der Waals surface area contributed by atoms with Crippen molar-refractivity contribution < 1.29 is 0 Å². The Morgan fingerprint density at radius 3 is 2.18 bits per heavy atom. The second-order valence-corrected chi connectivity index (χ2v) is 5.63. The summed E-state index contributed by atoms with van der Waals surface area (Å²) in [6.07, 6.45) is 0.125. The molecule has 1 aliphatic rings. The number of nitrogens with one attached hydrogen (secondary N) is 3. The Morgan fingerprint density at radius 2 is 1.55 bits per heavy atom. The first kappa shape index (κ1) is 15.0. The molecule has 0 aliphatic carbocycles. The second-order valence-electron chi connectivity index (χ2n) is 5.63. The van der Waals surface area contributed by atoms with Gasteiger partial charge in [-0.1, -0.05) is 48.5 Å². The molecule has 1 heterocycles. The lowest BCUT2D eigenvalue weighted by molar-refractivity contribution is 0.229. The molecule has 0 spiro atoms. The highest BCUT2D eigenvalue weighted by atomic mass is 15.4. The van der Waals surface area contributed by atoms with E-state index in [2.05, 4.69) is 75.4 Å². The fraction of sp³-hybridized carbons (Fsp3) is 0.333. The molecule has 2 aromatic carbocycles. The van der Waals surface area contributed by atoms with Crippen molar-refractivity contribution >= 4 is 5.69 Å². The highest BCUT2D eigenvalue weighted by Gasteiger charge is 2.48. The van der Waals surface area contributed by atoms with Crippen molar-refractivity contribution in [1.29, 1.82) is 0 Å². The van der Waals surface area contributed by atoms with Crippen molar-refractivity contribution in [2.45, 2.75) is 18.4 Å². The van der Waals surface area contributed by atoms with Gasteiger partial charge >= 0.3 is 0 Å². The molecular formula is C18H24N4. The van der Waals surface area contributed by atoms with E-state index in [0.29, 0.717) is 0 Å². The third kappa shape index (κ3) is 2.20. The maximum atomic E-state index is 3.48. The van der Waals surface area contributed by atoms with Gasteiger partial charge in [0.25, 0.3) is 0 Å². The molecule has 4 nitrogen and oxygen atoms in total. The predicted molar refractivity (Wildman–Crippen MR) is 91.7 cm³/mol. The van der Waals surface area contributed by atoms with Crippen LogP contribution in [-0.4, -0.2) is 27.3 Å². The average molecular weight is 296 g/mol. The van der Waals surface area contributed by atoms with Crippen LogP contribution >= 0.6 is 0 Å². The Hall–Kier alpha value is -1.88. The molecule has 3 rings (SSSR count). The average Bonchev–Trinajstić information content (AvgIpc) is 2.85. The lowest BCUT2D eigenvalue weighted by Gasteiger charge is -2.39. The normalized spacial score (nSPS) is 19.2. The van der Waals surface area contributed by atoms with Crippen molar-refractivity contribution in [2.24, 2.45) is 0 Å². The SMILES string of the molecule is CNC1N(Cc2ccccc2)c2ccccc2C1(NC)NC. The van der Waals surface area contributed by atoms with Gasteiger partial charge in [0.15, 0.2) is 0 Å². The van der Waals surface area contributed by atoms with E-state index in [0.717, 1.165) is 6.54 Å². The van der Waals surface area contributed by atoms with E-state index in [1.165, 1.54) is 16.8 Å². The van der Waals surface area contributed by atoms with Crippen LogP contribution in [0.5, 0.6) is 0 Å². The Labute approximate surface area is 132 Å². The predicted octanol–water partition coefficient (Wildman–Crippen LogP) is 1.84. The van der Waals surface area contributed by atoms with E-state index in [-0.39, 0.29) is 11.8 Å². The maximum absolute atomic E-state index is 3.48. The molecule has 0 bridgehead atoms. The summed E-state index contributed by atoms with van der Waals surface area (Å²) in [5, 5.41) is 10.4. The fourth-order valence-corrected chi connectivity index (χ4v) is 3.57. The Morgan fingerprint density at radius 1 is 0.909 bits per heavy atom. The molecule has 22 heavy (non-hydrogen) atoms. The Balaban J connectivity index is 2.06. The zero-order chi connectivity index (χ0) is 15.6. The zero-order valence-electron chi connectivity index (χ0n) is 13.4. The van der Waals surface area contributed by atoms with Gasteiger partial charge in [0.1, 0.15) is 11.8 Å². The summed E-state index contributed by atoms with van der Waals surface area (Å²) in [6, 6.07) is 19.2. The molecule has 1 aliphatic heterocycles. The van der Waals surface area contributed by atoms with E-state index in [1.54, 1.807) is 0 Å². The molecule has 0 radical (unpaired) electrons. The zero-order valence-corrected chi connectivity index (χ0v) is 13.4. The summed E-state index contributed by atoms with van der Waals surface area (Å²) in [6.45, 7) is 0.870. The van der Waals surface area contributed by atoms with E-state index in [4.69, 9.17) is 0 Å². The lowest BCUT2D eigenvalue weighted by atomic mass is 9.99. The van der Waals surface area contributed by atoms with Crippen molar-refractivity contribution in [3.63, 3.8) is 0 Å². The summed E-state index contributed by atoms with van der Waals surface area (Å²) >= 11 is 0. The highest BCUT2D eigenvalue weighted by Crippen LogP contribution is 2.41. The van der Waals surface area contributed by atoms with Crippen LogP contribution in [0.15, 0.2) is 54.6 Å². The van der Waals surface area contributed by atoms with Crippen LogP contribution in [0.4, 0.5) is 5.69 Å². The van der Waals surface area contributed by atoms with Gasteiger partial charge in [0.2, 0.25) is 0 Å². The van der Waals surface area contributed by atoms with Crippen LogP contribution < -0.4 is 20.9 Å². The Kier molecular flexibility index (Phi) is 4.16. The molecular weight excluding hydrogens is 272 g/mol. The number of nitrogens with zero attached hydrogens (tertiary/aromatic N) is 1. The molecule has 1 unspecified atom stereocenters. The third-order valence-electron chi connectivity index (χ3n) is 4.62. The molecule has 1 atom stereocenters. The minimum absolute atomic E-state index is 0.125. The number of hydrogen-bond acceptors (Lipinski definition) is 4. The molecule has 3 N–H and O–H groups in total. The summed E-state index contributed by atoms with van der Waals surface area (Å²) < 4.78 is 0. The van der Waals surface area contributed by atoms with E-state index < -0.39 is 0 Å². The molecule has 0 saturated heterocycles. The summed E-state index contributed by atoms with van der Waals surface area (Å²) in [5.74, 6) is 0. The first-order chi connectivity index (χ1) is 10.8. The minimum atomic E-state index is -0.305. The molecule has 0 aromatic heterocycles. The summed E-state index contributed by atoms with van der Waals surface area (Å²) in [5.41, 5.74) is 3.53. The molecule has 0 fully saturated rings. The van der Waals surface area contributed by atoms with Crippen molar-refractivity contribution in [3.8, 4) is 0 Å². The second kappa shape index (κ2) is 6.08. The van der Waals surface area contributed by atoms with Gasteiger partial charge in [-0.15, -0.1) is 0 Å². The first-order valence-electron chi connectivity index (χ1n) is 7.72. The summed E-state index contributed by atoms with van der Waals surface area (Å²) in [4.78, 5) is 2.41. The van der Waals surface area contributed by atoms with Crippen LogP contribution in [0.25, 0.3) is 0 Å². The topological polar surface area (TPSA) is 39.3 Å². The Bertz CT molecular complexity index is 622. The number of anilines is 1. The number of fused-ring (bicyclic) bond motifs is 1. The molecule has 2 aromatic rings. The number of hydrogen-bond donors (Lipinski definition) is 3. The van der Waals surface area contributed by atoms with Gasteiger partial charge in [-0.05, 0) is 32.8 Å². The molecule has 116 valence electrons. The maximum Gasteiger partial charge on any atom is 0.131 e. The monoisotopic (exact) mass is 296 g/mol. The van der Waals surface area contributed by atoms with Crippen molar-refractivity contribution in [3.05, 3.63) is 65.7 Å². The lowest BCUT2D eigenvalue weighted by Crippen LogP contribution is -2.64. The largest absolute Gasteiger partial charge is 0.348 e. The standard InChI is InChI=1S/C18H24N4/c1-19-17-18(20-2,21-3)15-11-7-8-12-16(15)22(17)13-14-9-5-4-6-10-14/h4-12,17,19-21H,13H2,1-3H3. The van der Waals surface area contributed by atoms with Crippen molar-refractivity contribution in [2.75, 3.05) is 26.0 Å². The van der Waals surface area contributed by atoms with E-state index in [9.17, 15) is 0 Å². The van der Waals surface area contributed by atoms with Gasteiger partial charge in [0, 0.05) is 17.8 Å². The van der Waals surface area contributed by atoms with Crippen LogP contribution in [0.3, 0.4) is 0 Å². The molecule has 0 saturated carbocycles. The smallest absolute Gasteiger partial charge is 0.131 e. The van der Waals surface area contributed by atoms with Gasteiger partial charge < -0.3 is 4.90 Å². The quantitative estimate of drug-likeness (QED) is 0.736. The summed E-state index contributed by atoms with van der Waals surface area (Å²) in [7, 11) is 6.02. The van der Waals surface area contributed by atoms with Gasteiger partial charge in [0.05, 0.1) is 0 Å². The van der Waals surface area contributed by atoms with Crippen LogP contribution in [0.2, 0.25) is 0 Å². The number of benzene rings is 2. The van der Waals surface area contributed by atoms with E-state index in [1.807, 2.05) is 21.1 Å². The third-order valence-corrected chi connectivity index (χ3v) is 4.62. The number of para-hydroxylation sites is 1. The van der Waals surface area contributed by atoms with Crippen LogP contribution in [0, 0.1) is 0 Å². The van der Waals surface area contributed by atoms with Crippen LogP contribution in [-0.2, 0) is 12.2 Å².